The van der Waals surface area contributed by atoms with E-state index in [1.165, 1.54) is 14.2 Å². The molecule has 6 heterocycles. The molecule has 56 heavy (non-hydrogen) atoms. The van der Waals surface area contributed by atoms with Crippen molar-refractivity contribution in [2.75, 3.05) is 65.9 Å². The van der Waals surface area contributed by atoms with E-state index in [1.54, 1.807) is 7.11 Å². The molecule has 1 saturated carbocycles. The Labute approximate surface area is 328 Å². The van der Waals surface area contributed by atoms with Crippen LogP contribution in [0.25, 0.3) is 10.9 Å². The molecule has 9 rings (SSSR count). The van der Waals surface area contributed by atoms with Gasteiger partial charge in [-0.25, -0.2) is 0 Å². The second kappa shape index (κ2) is 12.8. The summed E-state index contributed by atoms with van der Waals surface area (Å²) in [5, 5.41) is 41.1. The first-order valence-electron chi connectivity index (χ1n) is 20.5. The Morgan fingerprint density at radius 2 is 1.82 bits per heavy atom. The summed E-state index contributed by atoms with van der Waals surface area (Å²) in [5.74, 6) is -0.624. The molecule has 2 saturated heterocycles. The highest BCUT2D eigenvalue weighted by atomic mass is 16.5. The molecule has 1 amide bonds. The Hall–Kier alpha value is -3.94. The molecule has 0 radical (unpaired) electrons. The highest BCUT2D eigenvalue weighted by Gasteiger charge is 2.78. The number of aliphatic hydroxyl groups excluding tert-OH is 1. The second-order valence-electron chi connectivity index (χ2n) is 17.7. The summed E-state index contributed by atoms with van der Waals surface area (Å²) >= 11 is 0. The second-order valence-corrected chi connectivity index (χ2v) is 17.7. The molecular weight excluding hydrogens is 711 g/mol. The van der Waals surface area contributed by atoms with Crippen LogP contribution in [0.3, 0.4) is 0 Å². The number of nitrogens with zero attached hydrogens (tertiary/aromatic N) is 3. The van der Waals surface area contributed by atoms with Crippen molar-refractivity contribution in [3.63, 3.8) is 0 Å². The number of carbonyl (C=O) groups is 2. The number of likely N-dealkylation sites (N-methyl/N-ethyl adjacent to an activating group) is 2. The molecule has 12 heteroatoms. The van der Waals surface area contributed by atoms with Crippen molar-refractivity contribution in [2.45, 2.75) is 92.6 Å². The summed E-state index contributed by atoms with van der Waals surface area (Å²) in [7, 11) is 6.46. The van der Waals surface area contributed by atoms with Crippen LogP contribution in [0.5, 0.6) is 5.75 Å². The van der Waals surface area contributed by atoms with Crippen LogP contribution in [0.15, 0.2) is 48.6 Å². The van der Waals surface area contributed by atoms with Crippen LogP contribution in [-0.4, -0.2) is 132 Å². The van der Waals surface area contributed by atoms with Crippen molar-refractivity contribution in [2.24, 2.45) is 11.3 Å². The van der Waals surface area contributed by atoms with Gasteiger partial charge in [-0.15, -0.1) is 0 Å². The fraction of sp³-hybridized carbons (Fsp3) is 0.591. The van der Waals surface area contributed by atoms with Gasteiger partial charge in [0.25, 0.3) is 5.91 Å². The predicted octanol–water partition coefficient (Wildman–Crippen LogP) is 2.99. The summed E-state index contributed by atoms with van der Waals surface area (Å²) in [6, 6.07) is 11.2. The molecule has 1 aromatic heterocycles. The number of ether oxygens (including phenoxy) is 2. The molecule has 5 aliphatic heterocycles. The molecule has 3 fully saturated rings. The Bertz CT molecular complexity index is 2140. The Balaban J connectivity index is 1.36. The first kappa shape index (κ1) is 37.6. The zero-order valence-electron chi connectivity index (χ0n) is 33.5. The van der Waals surface area contributed by atoms with Crippen LogP contribution < -0.4 is 15.0 Å². The van der Waals surface area contributed by atoms with Gasteiger partial charge in [0.15, 0.2) is 5.60 Å². The standard InChI is InChI=1S/C44H57N5O7/c1-7-40(53)22-26-23-43(39(52)56-6,34-28(14-18-48(24-26)25-40)27-12-9-10-13-31(27)46-34)30-20-29-32(21-33(30)55-5)47(4)36-42(29)16-19-49-17-11-15-41(8-2,35(42)49)37(50)44(36,54)38(51)45-3/h9-13,15,20-21,26,35-37,46,50,53-54H,7-8,14,16-19,22-25H2,1-6H3,(H,45,51)/t26?,35?,36?,37-,40?,41-,42?,43?,44+/m1/s1. The van der Waals surface area contributed by atoms with Crippen molar-refractivity contribution in [3.05, 3.63) is 70.9 Å². The molecule has 12 nitrogen and oxygen atoms in total. The summed E-state index contributed by atoms with van der Waals surface area (Å²) < 4.78 is 12.3. The number of anilines is 1. The summed E-state index contributed by atoms with van der Waals surface area (Å²) in [5.41, 5.74) is -1.12. The molecular formula is C44H57N5O7. The average Bonchev–Trinajstić information content (AvgIpc) is 3.87. The van der Waals surface area contributed by atoms with Crippen LogP contribution in [0.1, 0.15) is 68.3 Å². The van der Waals surface area contributed by atoms with Gasteiger partial charge >= 0.3 is 5.97 Å². The van der Waals surface area contributed by atoms with Gasteiger partial charge in [0.1, 0.15) is 17.3 Å². The van der Waals surface area contributed by atoms with E-state index in [0.29, 0.717) is 69.5 Å². The van der Waals surface area contributed by atoms with Crippen LogP contribution in [0.4, 0.5) is 5.69 Å². The number of H-pyrrole nitrogens is 1. The van der Waals surface area contributed by atoms with E-state index in [1.807, 2.05) is 56.1 Å². The number of hydrogen-bond donors (Lipinski definition) is 5. The minimum absolute atomic E-state index is 0.0712. The largest absolute Gasteiger partial charge is 0.496 e. The Kier molecular flexibility index (Phi) is 8.59. The maximum atomic E-state index is 15.2. The summed E-state index contributed by atoms with van der Waals surface area (Å²) in [4.78, 5) is 39.9. The predicted molar refractivity (Wildman–Crippen MR) is 213 cm³/mol. The lowest BCUT2D eigenvalue weighted by molar-refractivity contribution is -0.203. The van der Waals surface area contributed by atoms with Crippen LogP contribution in [0.2, 0.25) is 0 Å². The normalized spacial score (nSPS) is 38.4. The maximum absolute atomic E-state index is 15.2. The lowest BCUT2D eigenvalue weighted by atomic mass is 9.47. The maximum Gasteiger partial charge on any atom is 0.322 e. The molecule has 2 bridgehead atoms. The van der Waals surface area contributed by atoms with Crippen LogP contribution in [0, 0.1) is 11.3 Å². The van der Waals surface area contributed by atoms with E-state index >= 15 is 4.79 Å². The van der Waals surface area contributed by atoms with Gasteiger partial charge in [0, 0.05) is 91.1 Å². The molecule has 10 atom stereocenters. The highest BCUT2D eigenvalue weighted by Crippen LogP contribution is 2.67. The van der Waals surface area contributed by atoms with Crippen molar-refractivity contribution >= 4 is 28.5 Å². The third-order valence-corrected chi connectivity index (χ3v) is 15.4. The van der Waals surface area contributed by atoms with Crippen molar-refractivity contribution < 1.29 is 34.4 Å². The molecule has 6 aliphatic rings. The van der Waals surface area contributed by atoms with E-state index in [0.717, 1.165) is 46.5 Å². The zero-order valence-corrected chi connectivity index (χ0v) is 33.5. The van der Waals surface area contributed by atoms with Gasteiger partial charge in [-0.2, -0.15) is 0 Å². The molecule has 7 unspecified atom stereocenters. The smallest absolute Gasteiger partial charge is 0.322 e. The number of hydrogen-bond acceptors (Lipinski definition) is 10. The fourth-order valence-electron chi connectivity index (χ4n) is 13.2. The van der Waals surface area contributed by atoms with Gasteiger partial charge in [-0.1, -0.05) is 44.2 Å². The van der Waals surface area contributed by atoms with Gasteiger partial charge in [-0.3, -0.25) is 19.4 Å². The number of fused-ring (bicyclic) bond motifs is 6. The number of aliphatic hydroxyl groups is 3. The first-order chi connectivity index (χ1) is 26.8. The third-order valence-electron chi connectivity index (χ3n) is 15.4. The van der Waals surface area contributed by atoms with E-state index in [-0.39, 0.29) is 12.0 Å². The lowest BCUT2D eigenvalue weighted by Gasteiger charge is -2.63. The molecule has 2 aromatic carbocycles. The van der Waals surface area contributed by atoms with Crippen LogP contribution >= 0.6 is 0 Å². The van der Waals surface area contributed by atoms with Crippen LogP contribution in [-0.2, 0) is 31.6 Å². The lowest BCUT2D eigenvalue weighted by Crippen LogP contribution is -2.81. The number of para-hydroxylation sites is 1. The van der Waals surface area contributed by atoms with Crippen molar-refractivity contribution in [3.8, 4) is 5.75 Å². The van der Waals surface area contributed by atoms with Gasteiger partial charge in [0.05, 0.1) is 25.9 Å². The number of amides is 1. The minimum atomic E-state index is -2.18. The number of benzene rings is 2. The third kappa shape index (κ3) is 4.59. The number of methoxy groups -OCH3 is 2. The number of rotatable bonds is 6. The molecule has 1 aliphatic carbocycles. The quantitative estimate of drug-likeness (QED) is 0.187. The number of piperidine rings is 1. The fourth-order valence-corrected chi connectivity index (χ4v) is 13.2. The van der Waals surface area contributed by atoms with Gasteiger partial charge < -0.3 is 40.0 Å². The SMILES string of the molecule is CCC1(O)CC2CN(CCc3c([nH]c4ccccc34)C(C(=O)OC)(c3cc4c(cc3OC)N(C)C3C45CCN4CC=C[C@](CC)(C45)[C@@H](O)[C@]3(O)C(=O)NC)C2)C1. The molecule has 300 valence electrons. The van der Waals surface area contributed by atoms with E-state index < -0.39 is 51.5 Å². The number of esters is 1. The first-order valence-corrected chi connectivity index (χ1v) is 20.5. The average molecular weight is 768 g/mol. The Morgan fingerprint density at radius 1 is 1.04 bits per heavy atom. The molecule has 3 aromatic rings. The number of carbonyl (C=O) groups excluding carboxylic acids is 2. The number of aromatic nitrogens is 1. The van der Waals surface area contributed by atoms with E-state index in [4.69, 9.17) is 9.47 Å². The summed E-state index contributed by atoms with van der Waals surface area (Å²) in [6.45, 7) is 7.49. The van der Waals surface area contributed by atoms with E-state index in [9.17, 15) is 20.1 Å². The van der Waals surface area contributed by atoms with Gasteiger partial charge in [-0.05, 0) is 74.2 Å². The topological polar surface area (TPSA) is 151 Å². The van der Waals surface area contributed by atoms with E-state index in [2.05, 4.69) is 38.3 Å². The minimum Gasteiger partial charge on any atom is -0.496 e. The number of nitrogens with one attached hydrogen (secondary N) is 2. The Morgan fingerprint density at radius 3 is 2.54 bits per heavy atom. The highest BCUT2D eigenvalue weighted by molar-refractivity contribution is 5.95. The van der Waals surface area contributed by atoms with Gasteiger partial charge in [0.2, 0.25) is 0 Å². The number of aromatic amines is 1. The summed E-state index contributed by atoms with van der Waals surface area (Å²) in [6.07, 6.45) is 6.01. The van der Waals surface area contributed by atoms with Crippen molar-refractivity contribution in [1.29, 1.82) is 0 Å². The molecule has 1 spiro atoms. The zero-order chi connectivity index (χ0) is 39.6. The molecule has 5 N–H and O–H groups in total. The van der Waals surface area contributed by atoms with Crippen molar-refractivity contribution in [1.82, 2.24) is 20.1 Å². The monoisotopic (exact) mass is 767 g/mol.